The number of non-ortho nitro benzene ring substituents is 1. The molecule has 1 aliphatic carbocycles. The average molecular weight is 347 g/mol. The molecule has 2 amide bonds. The topological polar surface area (TPSA) is 121 Å². The molecule has 2 fully saturated rings. The number of benzene rings is 1. The normalized spacial score (nSPS) is 22.4. The number of nitro groups is 1. The first-order valence-electron chi connectivity index (χ1n) is 7.94. The molecule has 1 saturated heterocycles. The van der Waals surface area contributed by atoms with E-state index < -0.39 is 22.7 Å². The Labute approximate surface area is 143 Å². The van der Waals surface area contributed by atoms with Gasteiger partial charge in [-0.3, -0.25) is 24.5 Å². The van der Waals surface area contributed by atoms with E-state index in [9.17, 15) is 24.5 Å². The number of hydrogen-bond acceptors (Lipinski definition) is 5. The van der Waals surface area contributed by atoms with Crippen LogP contribution in [0.3, 0.4) is 0 Å². The fraction of sp³-hybridized carbons (Fsp3) is 0.438. The zero-order valence-corrected chi connectivity index (χ0v) is 13.3. The van der Waals surface area contributed by atoms with Gasteiger partial charge in [0, 0.05) is 43.9 Å². The van der Waals surface area contributed by atoms with Crippen LogP contribution in [0, 0.1) is 22.0 Å². The van der Waals surface area contributed by atoms with Gasteiger partial charge in [0.15, 0.2) is 0 Å². The van der Waals surface area contributed by atoms with Crippen LogP contribution in [0.2, 0.25) is 0 Å². The fourth-order valence-corrected chi connectivity index (χ4v) is 3.01. The van der Waals surface area contributed by atoms with Crippen molar-refractivity contribution in [3.63, 3.8) is 0 Å². The van der Waals surface area contributed by atoms with Gasteiger partial charge in [-0.25, -0.2) is 0 Å². The van der Waals surface area contributed by atoms with Crippen LogP contribution in [0.4, 0.5) is 5.69 Å². The summed E-state index contributed by atoms with van der Waals surface area (Å²) in [6, 6.07) is 5.40. The number of carboxylic acid groups (broad SMARTS) is 1. The average Bonchev–Trinajstić information content (AvgIpc) is 3.42. The summed E-state index contributed by atoms with van der Waals surface area (Å²) in [6.45, 7) is 1.43. The SMILES string of the molecule is O=C(O)C1CC1C(=O)N1CCN(C(=O)c2ccc([N+](=O)[O-])cc2)CC1. The molecule has 25 heavy (non-hydrogen) atoms. The minimum atomic E-state index is -0.940. The number of nitro benzene ring substituents is 1. The molecule has 1 aliphatic heterocycles. The zero-order chi connectivity index (χ0) is 18.1. The van der Waals surface area contributed by atoms with E-state index in [-0.39, 0.29) is 17.5 Å². The maximum atomic E-state index is 12.4. The second-order valence-corrected chi connectivity index (χ2v) is 6.21. The van der Waals surface area contributed by atoms with E-state index in [1.54, 1.807) is 9.80 Å². The predicted octanol–water partition coefficient (Wildman–Crippen LogP) is 0.600. The third kappa shape index (κ3) is 3.44. The third-order valence-electron chi connectivity index (χ3n) is 4.63. The number of piperazine rings is 1. The summed E-state index contributed by atoms with van der Waals surface area (Å²) in [5.74, 6) is -2.35. The first-order chi connectivity index (χ1) is 11.9. The van der Waals surface area contributed by atoms with Crippen LogP contribution in [-0.4, -0.2) is 63.8 Å². The Bertz CT molecular complexity index is 724. The number of carbonyl (C=O) groups excluding carboxylic acids is 2. The second-order valence-electron chi connectivity index (χ2n) is 6.21. The van der Waals surface area contributed by atoms with Crippen LogP contribution in [0.15, 0.2) is 24.3 Å². The van der Waals surface area contributed by atoms with E-state index in [1.807, 2.05) is 0 Å². The van der Waals surface area contributed by atoms with E-state index in [0.717, 1.165) is 0 Å². The molecule has 3 rings (SSSR count). The summed E-state index contributed by atoms with van der Waals surface area (Å²) >= 11 is 0. The lowest BCUT2D eigenvalue weighted by Gasteiger charge is -2.35. The van der Waals surface area contributed by atoms with E-state index in [0.29, 0.717) is 38.2 Å². The van der Waals surface area contributed by atoms with Gasteiger partial charge in [0.05, 0.1) is 16.8 Å². The van der Waals surface area contributed by atoms with Gasteiger partial charge in [0.25, 0.3) is 11.6 Å². The summed E-state index contributed by atoms with van der Waals surface area (Å²) in [5, 5.41) is 19.5. The highest BCUT2D eigenvalue weighted by molar-refractivity contribution is 5.95. The van der Waals surface area contributed by atoms with Crippen molar-refractivity contribution in [2.75, 3.05) is 26.2 Å². The van der Waals surface area contributed by atoms with Gasteiger partial charge in [0.2, 0.25) is 5.91 Å². The van der Waals surface area contributed by atoms with Gasteiger partial charge in [-0.15, -0.1) is 0 Å². The summed E-state index contributed by atoms with van der Waals surface area (Å²) in [4.78, 5) is 48.8. The molecular weight excluding hydrogens is 330 g/mol. The molecule has 2 atom stereocenters. The van der Waals surface area contributed by atoms with Crippen molar-refractivity contribution in [3.8, 4) is 0 Å². The Morgan fingerprint density at radius 1 is 1.00 bits per heavy atom. The summed E-state index contributed by atoms with van der Waals surface area (Å²) in [7, 11) is 0. The molecule has 1 saturated carbocycles. The molecule has 9 nitrogen and oxygen atoms in total. The first-order valence-corrected chi connectivity index (χ1v) is 7.94. The molecule has 1 heterocycles. The number of hydrogen-bond donors (Lipinski definition) is 1. The highest BCUT2D eigenvalue weighted by Gasteiger charge is 2.50. The molecule has 9 heteroatoms. The van der Waals surface area contributed by atoms with Crippen molar-refractivity contribution < 1.29 is 24.4 Å². The number of nitrogens with zero attached hydrogens (tertiary/aromatic N) is 3. The number of amides is 2. The Balaban J connectivity index is 1.55. The van der Waals surface area contributed by atoms with Gasteiger partial charge in [-0.05, 0) is 18.6 Å². The molecule has 0 radical (unpaired) electrons. The Hall–Kier alpha value is -2.97. The van der Waals surface area contributed by atoms with Gasteiger partial charge in [0.1, 0.15) is 0 Å². The van der Waals surface area contributed by atoms with Crippen LogP contribution in [0.1, 0.15) is 16.8 Å². The molecule has 1 N–H and O–H groups in total. The van der Waals surface area contributed by atoms with Crippen molar-refractivity contribution in [1.29, 1.82) is 0 Å². The van der Waals surface area contributed by atoms with E-state index in [2.05, 4.69) is 0 Å². The smallest absolute Gasteiger partial charge is 0.307 e. The fourth-order valence-electron chi connectivity index (χ4n) is 3.01. The molecule has 0 spiro atoms. The van der Waals surface area contributed by atoms with Gasteiger partial charge in [-0.2, -0.15) is 0 Å². The molecule has 0 bridgehead atoms. The Kier molecular flexibility index (Phi) is 4.39. The van der Waals surface area contributed by atoms with Crippen molar-refractivity contribution in [2.45, 2.75) is 6.42 Å². The summed E-state index contributed by atoms with van der Waals surface area (Å²) in [5.41, 5.74) is 0.280. The van der Waals surface area contributed by atoms with Crippen molar-refractivity contribution in [3.05, 3.63) is 39.9 Å². The standard InChI is InChI=1S/C16H17N3O6/c20-14(10-1-3-11(4-2-10)19(24)25)17-5-7-18(8-6-17)15(21)12-9-13(12)16(22)23/h1-4,12-13H,5-9H2,(H,22,23). The van der Waals surface area contributed by atoms with Crippen molar-refractivity contribution in [2.24, 2.45) is 11.8 Å². The Morgan fingerprint density at radius 3 is 2.04 bits per heavy atom. The van der Waals surface area contributed by atoms with Crippen LogP contribution in [0.25, 0.3) is 0 Å². The lowest BCUT2D eigenvalue weighted by atomic mass is 10.1. The number of rotatable bonds is 4. The molecule has 2 aliphatic rings. The van der Waals surface area contributed by atoms with Gasteiger partial charge < -0.3 is 14.9 Å². The molecular formula is C16H17N3O6. The Morgan fingerprint density at radius 2 is 1.56 bits per heavy atom. The van der Waals surface area contributed by atoms with E-state index >= 15 is 0 Å². The van der Waals surface area contributed by atoms with Gasteiger partial charge in [-0.1, -0.05) is 0 Å². The first kappa shape index (κ1) is 16.9. The van der Waals surface area contributed by atoms with Gasteiger partial charge >= 0.3 is 5.97 Å². The van der Waals surface area contributed by atoms with Crippen molar-refractivity contribution in [1.82, 2.24) is 9.80 Å². The lowest BCUT2D eigenvalue weighted by molar-refractivity contribution is -0.384. The minimum absolute atomic E-state index is 0.0793. The lowest BCUT2D eigenvalue weighted by Crippen LogP contribution is -2.51. The molecule has 1 aromatic rings. The second kappa shape index (κ2) is 6.50. The zero-order valence-electron chi connectivity index (χ0n) is 13.3. The maximum absolute atomic E-state index is 12.4. The van der Waals surface area contributed by atoms with Crippen LogP contribution >= 0.6 is 0 Å². The largest absolute Gasteiger partial charge is 0.481 e. The van der Waals surface area contributed by atoms with Crippen molar-refractivity contribution >= 4 is 23.5 Å². The molecule has 1 aromatic carbocycles. The maximum Gasteiger partial charge on any atom is 0.307 e. The quantitative estimate of drug-likeness (QED) is 0.629. The number of carboxylic acids is 1. The summed E-state index contributed by atoms with van der Waals surface area (Å²) < 4.78 is 0. The molecule has 132 valence electrons. The monoisotopic (exact) mass is 347 g/mol. The van der Waals surface area contributed by atoms with E-state index in [4.69, 9.17) is 5.11 Å². The highest BCUT2D eigenvalue weighted by Crippen LogP contribution is 2.40. The summed E-state index contributed by atoms with van der Waals surface area (Å²) in [6.07, 6.45) is 0.385. The molecule has 0 aromatic heterocycles. The van der Waals surface area contributed by atoms with Crippen LogP contribution in [0.5, 0.6) is 0 Å². The van der Waals surface area contributed by atoms with E-state index in [1.165, 1.54) is 24.3 Å². The van der Waals surface area contributed by atoms with Crippen LogP contribution < -0.4 is 0 Å². The number of carbonyl (C=O) groups is 3. The molecule has 2 unspecified atom stereocenters. The third-order valence-corrected chi connectivity index (χ3v) is 4.63. The predicted molar refractivity (Wildman–Crippen MR) is 84.8 cm³/mol. The highest BCUT2D eigenvalue weighted by atomic mass is 16.6. The minimum Gasteiger partial charge on any atom is -0.481 e. The van der Waals surface area contributed by atoms with Crippen LogP contribution in [-0.2, 0) is 9.59 Å². The number of aliphatic carboxylic acids is 1.